The standard InChI is InChI=1S/C16H21N3O3/c20-15(21)4-2-8-22-12-5-6-13-14(9-12)19-16(18-13)11-3-1-7-17-10-11/h5-6,9,11,17H,1-4,7-8,10H2,(H,18,19)(H,20,21). The van der Waals surface area contributed by atoms with Crippen LogP contribution in [0.4, 0.5) is 0 Å². The van der Waals surface area contributed by atoms with Gasteiger partial charge in [-0.25, -0.2) is 4.98 Å². The molecule has 0 aliphatic carbocycles. The molecule has 22 heavy (non-hydrogen) atoms. The lowest BCUT2D eigenvalue weighted by Crippen LogP contribution is -2.28. The molecule has 118 valence electrons. The number of H-pyrrole nitrogens is 1. The van der Waals surface area contributed by atoms with Crippen LogP contribution in [-0.4, -0.2) is 40.7 Å². The Bertz CT molecular complexity index is 647. The predicted octanol–water partition coefficient (Wildman–Crippen LogP) is 2.27. The molecule has 1 aliphatic rings. The first-order valence-electron chi connectivity index (χ1n) is 7.77. The Morgan fingerprint density at radius 3 is 3.14 bits per heavy atom. The first-order chi connectivity index (χ1) is 10.7. The maximum absolute atomic E-state index is 10.5. The number of piperidine rings is 1. The van der Waals surface area contributed by atoms with Crippen molar-refractivity contribution in [2.45, 2.75) is 31.6 Å². The summed E-state index contributed by atoms with van der Waals surface area (Å²) in [4.78, 5) is 18.5. The number of carbonyl (C=O) groups is 1. The summed E-state index contributed by atoms with van der Waals surface area (Å²) in [5, 5.41) is 12.0. The molecule has 1 aromatic heterocycles. The third-order valence-electron chi connectivity index (χ3n) is 3.96. The van der Waals surface area contributed by atoms with Gasteiger partial charge in [0, 0.05) is 24.9 Å². The molecule has 1 aromatic carbocycles. The number of carboxylic acids is 1. The van der Waals surface area contributed by atoms with Crippen molar-refractivity contribution < 1.29 is 14.6 Å². The van der Waals surface area contributed by atoms with E-state index < -0.39 is 5.97 Å². The van der Waals surface area contributed by atoms with Gasteiger partial charge < -0.3 is 20.1 Å². The molecule has 6 heteroatoms. The molecule has 0 radical (unpaired) electrons. The summed E-state index contributed by atoms with van der Waals surface area (Å²) in [5.41, 5.74) is 1.91. The number of nitrogens with zero attached hydrogens (tertiary/aromatic N) is 1. The SMILES string of the molecule is O=C(O)CCCOc1ccc2nc(C3CCCNC3)[nH]c2c1. The zero-order valence-corrected chi connectivity index (χ0v) is 12.5. The van der Waals surface area contributed by atoms with Gasteiger partial charge in [-0.2, -0.15) is 0 Å². The third kappa shape index (κ3) is 3.57. The average molecular weight is 303 g/mol. The van der Waals surface area contributed by atoms with Crippen LogP contribution < -0.4 is 10.1 Å². The van der Waals surface area contributed by atoms with E-state index in [0.29, 0.717) is 18.9 Å². The fraction of sp³-hybridized carbons (Fsp3) is 0.500. The molecule has 6 nitrogen and oxygen atoms in total. The molecule has 0 amide bonds. The van der Waals surface area contributed by atoms with E-state index in [0.717, 1.165) is 42.1 Å². The van der Waals surface area contributed by atoms with E-state index in [4.69, 9.17) is 9.84 Å². The second-order valence-corrected chi connectivity index (χ2v) is 5.69. The van der Waals surface area contributed by atoms with Crippen LogP contribution in [0.15, 0.2) is 18.2 Å². The number of imidazole rings is 1. The van der Waals surface area contributed by atoms with Gasteiger partial charge in [0.1, 0.15) is 11.6 Å². The van der Waals surface area contributed by atoms with Crippen LogP contribution in [-0.2, 0) is 4.79 Å². The number of benzene rings is 1. The van der Waals surface area contributed by atoms with Gasteiger partial charge >= 0.3 is 5.97 Å². The van der Waals surface area contributed by atoms with E-state index in [1.807, 2.05) is 18.2 Å². The Hall–Kier alpha value is -2.08. The zero-order chi connectivity index (χ0) is 15.4. The summed E-state index contributed by atoms with van der Waals surface area (Å²) in [6.07, 6.45) is 2.98. The van der Waals surface area contributed by atoms with Gasteiger partial charge in [0.15, 0.2) is 0 Å². The first-order valence-corrected chi connectivity index (χ1v) is 7.77. The molecule has 1 atom stereocenters. The average Bonchev–Trinajstić information content (AvgIpc) is 2.95. The molecule has 0 bridgehead atoms. The van der Waals surface area contributed by atoms with Gasteiger partial charge in [0.2, 0.25) is 0 Å². The Balaban J connectivity index is 1.66. The summed E-state index contributed by atoms with van der Waals surface area (Å²) in [6.45, 7) is 2.47. The quantitative estimate of drug-likeness (QED) is 0.713. The van der Waals surface area contributed by atoms with Crippen molar-refractivity contribution in [2.24, 2.45) is 0 Å². The number of fused-ring (bicyclic) bond motifs is 1. The second-order valence-electron chi connectivity index (χ2n) is 5.69. The molecule has 3 rings (SSSR count). The van der Waals surface area contributed by atoms with Crippen LogP contribution in [0, 0.1) is 0 Å². The van der Waals surface area contributed by atoms with E-state index >= 15 is 0 Å². The summed E-state index contributed by atoms with van der Waals surface area (Å²) in [7, 11) is 0. The largest absolute Gasteiger partial charge is 0.494 e. The number of hydrogen-bond acceptors (Lipinski definition) is 4. The van der Waals surface area contributed by atoms with Gasteiger partial charge in [-0.1, -0.05) is 0 Å². The van der Waals surface area contributed by atoms with Gasteiger partial charge in [0.05, 0.1) is 17.6 Å². The van der Waals surface area contributed by atoms with Crippen LogP contribution in [0.25, 0.3) is 11.0 Å². The molecule has 2 heterocycles. The fourth-order valence-electron chi connectivity index (χ4n) is 2.79. The first kappa shape index (κ1) is 14.8. The summed E-state index contributed by atoms with van der Waals surface area (Å²) >= 11 is 0. The normalized spacial score (nSPS) is 18.5. The Labute approximate surface area is 128 Å². The number of ether oxygens (including phenoxy) is 1. The molecule has 1 fully saturated rings. The smallest absolute Gasteiger partial charge is 0.303 e. The van der Waals surface area contributed by atoms with Crippen molar-refractivity contribution in [1.29, 1.82) is 0 Å². The topological polar surface area (TPSA) is 87.2 Å². The van der Waals surface area contributed by atoms with Gasteiger partial charge in [0.25, 0.3) is 0 Å². The zero-order valence-electron chi connectivity index (χ0n) is 12.5. The van der Waals surface area contributed by atoms with Crippen molar-refractivity contribution in [3.05, 3.63) is 24.0 Å². The molecular weight excluding hydrogens is 282 g/mol. The third-order valence-corrected chi connectivity index (χ3v) is 3.96. The molecular formula is C16H21N3O3. The summed E-state index contributed by atoms with van der Waals surface area (Å²) in [5.74, 6) is 1.43. The number of aromatic amines is 1. The van der Waals surface area contributed by atoms with Crippen LogP contribution in [0.1, 0.15) is 37.4 Å². The van der Waals surface area contributed by atoms with Crippen LogP contribution in [0.3, 0.4) is 0 Å². The van der Waals surface area contributed by atoms with Gasteiger partial charge in [-0.3, -0.25) is 4.79 Å². The molecule has 2 aromatic rings. The predicted molar refractivity (Wildman–Crippen MR) is 83.3 cm³/mol. The van der Waals surface area contributed by atoms with Crippen molar-refractivity contribution in [2.75, 3.05) is 19.7 Å². The molecule has 3 N–H and O–H groups in total. The lowest BCUT2D eigenvalue weighted by Gasteiger charge is -2.20. The van der Waals surface area contributed by atoms with Crippen LogP contribution in [0.5, 0.6) is 5.75 Å². The Morgan fingerprint density at radius 1 is 1.45 bits per heavy atom. The molecule has 0 spiro atoms. The van der Waals surface area contributed by atoms with E-state index in [2.05, 4.69) is 15.3 Å². The highest BCUT2D eigenvalue weighted by Gasteiger charge is 2.18. The lowest BCUT2D eigenvalue weighted by molar-refractivity contribution is -0.137. The van der Waals surface area contributed by atoms with Gasteiger partial charge in [-0.05, 0) is 37.9 Å². The van der Waals surface area contributed by atoms with E-state index in [1.165, 1.54) is 6.42 Å². The number of carboxylic acid groups (broad SMARTS) is 1. The highest BCUT2D eigenvalue weighted by molar-refractivity contribution is 5.77. The second kappa shape index (κ2) is 6.79. The minimum absolute atomic E-state index is 0.130. The molecule has 1 unspecified atom stereocenters. The fourth-order valence-corrected chi connectivity index (χ4v) is 2.79. The number of nitrogens with one attached hydrogen (secondary N) is 2. The number of aromatic nitrogens is 2. The number of hydrogen-bond donors (Lipinski definition) is 3. The highest BCUT2D eigenvalue weighted by Crippen LogP contribution is 2.25. The molecule has 0 saturated carbocycles. The molecule has 1 aliphatic heterocycles. The monoisotopic (exact) mass is 303 g/mol. The van der Waals surface area contributed by atoms with Crippen molar-refractivity contribution in [3.8, 4) is 5.75 Å². The highest BCUT2D eigenvalue weighted by atomic mass is 16.5. The van der Waals surface area contributed by atoms with Crippen LogP contribution >= 0.6 is 0 Å². The van der Waals surface area contributed by atoms with E-state index in [9.17, 15) is 4.79 Å². The van der Waals surface area contributed by atoms with Crippen molar-refractivity contribution in [3.63, 3.8) is 0 Å². The van der Waals surface area contributed by atoms with E-state index in [1.54, 1.807) is 0 Å². The van der Waals surface area contributed by atoms with Gasteiger partial charge in [-0.15, -0.1) is 0 Å². The van der Waals surface area contributed by atoms with Crippen molar-refractivity contribution in [1.82, 2.24) is 15.3 Å². The summed E-state index contributed by atoms with van der Waals surface area (Å²) in [6, 6.07) is 5.76. The number of rotatable bonds is 6. The minimum Gasteiger partial charge on any atom is -0.494 e. The summed E-state index contributed by atoms with van der Waals surface area (Å²) < 4.78 is 5.60. The van der Waals surface area contributed by atoms with E-state index in [-0.39, 0.29) is 6.42 Å². The molecule has 1 saturated heterocycles. The minimum atomic E-state index is -0.793. The maximum atomic E-state index is 10.5. The van der Waals surface area contributed by atoms with Crippen molar-refractivity contribution >= 4 is 17.0 Å². The maximum Gasteiger partial charge on any atom is 0.303 e. The van der Waals surface area contributed by atoms with Crippen LogP contribution in [0.2, 0.25) is 0 Å². The Kier molecular flexibility index (Phi) is 4.58. The lowest BCUT2D eigenvalue weighted by atomic mass is 9.99. The Morgan fingerprint density at radius 2 is 2.36 bits per heavy atom. The number of aliphatic carboxylic acids is 1.